The van der Waals surface area contributed by atoms with Crippen LogP contribution in [0.5, 0.6) is 0 Å². The average molecular weight is 163 g/mol. The molecule has 0 aromatic heterocycles. The largest absolute Gasteiger partial charge is 0.271 e. The topological polar surface area (TPSA) is 38.0 Å². The van der Waals surface area contributed by atoms with Crippen molar-refractivity contribution >= 4 is 11.6 Å². The van der Waals surface area contributed by atoms with Gasteiger partial charge in [0.15, 0.2) is 0 Å². The van der Waals surface area contributed by atoms with Crippen molar-refractivity contribution in [2.75, 3.05) is 0 Å². The fourth-order valence-electron chi connectivity index (χ4n) is 1.45. The van der Waals surface area contributed by atoms with Gasteiger partial charge in [0, 0.05) is 6.04 Å². The molecule has 0 saturated heterocycles. The van der Waals surface area contributed by atoms with Gasteiger partial charge in [-0.1, -0.05) is 19.3 Å². The fraction of sp³-hybridized carbons (Fsp3) is 1.00. The minimum atomic E-state index is 0.243. The summed E-state index contributed by atoms with van der Waals surface area (Å²) in [6, 6.07) is 0.337. The van der Waals surface area contributed by atoms with Gasteiger partial charge in [-0.25, -0.2) is 0 Å². The van der Waals surface area contributed by atoms with Crippen molar-refractivity contribution in [2.24, 2.45) is 5.84 Å². The lowest BCUT2D eigenvalue weighted by Gasteiger charge is -2.17. The molecule has 10 heavy (non-hydrogen) atoms. The Balaban J connectivity index is 2.35. The van der Waals surface area contributed by atoms with Crippen LogP contribution in [0.1, 0.15) is 32.1 Å². The van der Waals surface area contributed by atoms with E-state index in [1.165, 1.54) is 19.3 Å². The van der Waals surface area contributed by atoms with Crippen LogP contribution in [0, 0.1) is 0 Å². The molecule has 2 nitrogen and oxygen atoms in total. The maximum atomic E-state index is 6.04. The van der Waals surface area contributed by atoms with Gasteiger partial charge in [0.05, 0.1) is 5.38 Å². The van der Waals surface area contributed by atoms with Crippen molar-refractivity contribution in [3.63, 3.8) is 0 Å². The Morgan fingerprint density at radius 3 is 2.60 bits per heavy atom. The molecule has 0 spiro atoms. The van der Waals surface area contributed by atoms with Gasteiger partial charge in [0.1, 0.15) is 0 Å². The van der Waals surface area contributed by atoms with Crippen LogP contribution in [-0.2, 0) is 0 Å². The van der Waals surface area contributed by atoms with E-state index in [0.717, 1.165) is 12.8 Å². The number of rotatable bonds is 1. The molecule has 0 heterocycles. The molecular weight excluding hydrogens is 148 g/mol. The van der Waals surface area contributed by atoms with Gasteiger partial charge in [-0.2, -0.15) is 0 Å². The minimum absolute atomic E-state index is 0.243. The quantitative estimate of drug-likeness (QED) is 0.265. The Kier molecular flexibility index (Phi) is 3.46. The van der Waals surface area contributed by atoms with Crippen LogP contribution >= 0.6 is 11.6 Å². The number of nitrogens with two attached hydrogens (primary N) is 1. The number of alkyl halides is 1. The number of nitrogens with one attached hydrogen (secondary N) is 1. The first kappa shape index (κ1) is 8.31. The summed E-state index contributed by atoms with van der Waals surface area (Å²) >= 11 is 6.04. The molecule has 3 heteroatoms. The highest BCUT2D eigenvalue weighted by Crippen LogP contribution is 2.21. The lowest BCUT2D eigenvalue weighted by Crippen LogP contribution is -2.40. The molecule has 60 valence electrons. The molecule has 0 bridgehead atoms. The molecule has 0 amide bonds. The summed E-state index contributed by atoms with van der Waals surface area (Å²) in [5.41, 5.74) is 2.76. The zero-order valence-corrected chi connectivity index (χ0v) is 6.90. The molecule has 0 aromatic carbocycles. The lowest BCUT2D eigenvalue weighted by molar-refractivity contribution is 0.478. The second-order valence-corrected chi connectivity index (χ2v) is 3.49. The minimum Gasteiger partial charge on any atom is -0.271 e. The molecule has 2 unspecified atom stereocenters. The van der Waals surface area contributed by atoms with Gasteiger partial charge in [-0.15, -0.1) is 11.6 Å². The standard InChI is InChI=1S/C7H15ClN2/c8-6-4-2-1-3-5-7(6)10-9/h6-7,10H,1-5,9H2. The van der Waals surface area contributed by atoms with Gasteiger partial charge < -0.3 is 0 Å². The van der Waals surface area contributed by atoms with E-state index in [2.05, 4.69) is 5.43 Å². The van der Waals surface area contributed by atoms with Crippen LogP contribution in [0.15, 0.2) is 0 Å². The van der Waals surface area contributed by atoms with Crippen molar-refractivity contribution in [3.05, 3.63) is 0 Å². The van der Waals surface area contributed by atoms with Crippen molar-refractivity contribution in [3.8, 4) is 0 Å². The summed E-state index contributed by atoms with van der Waals surface area (Å²) < 4.78 is 0. The molecule has 1 aliphatic carbocycles. The summed E-state index contributed by atoms with van der Waals surface area (Å²) in [7, 11) is 0. The molecule has 2 atom stereocenters. The highest BCUT2D eigenvalue weighted by Gasteiger charge is 2.19. The van der Waals surface area contributed by atoms with Crippen molar-refractivity contribution in [2.45, 2.75) is 43.5 Å². The van der Waals surface area contributed by atoms with Gasteiger partial charge in [-0.05, 0) is 12.8 Å². The lowest BCUT2D eigenvalue weighted by atomic mass is 10.1. The van der Waals surface area contributed by atoms with E-state index in [1.807, 2.05) is 0 Å². The van der Waals surface area contributed by atoms with Gasteiger partial charge in [0.25, 0.3) is 0 Å². The number of halogens is 1. The second kappa shape index (κ2) is 4.16. The highest BCUT2D eigenvalue weighted by atomic mass is 35.5. The van der Waals surface area contributed by atoms with E-state index in [-0.39, 0.29) is 5.38 Å². The van der Waals surface area contributed by atoms with Gasteiger partial charge >= 0.3 is 0 Å². The van der Waals surface area contributed by atoms with Crippen LogP contribution in [0.25, 0.3) is 0 Å². The SMILES string of the molecule is NNC1CCCCCC1Cl. The zero-order valence-electron chi connectivity index (χ0n) is 6.15. The Hall–Kier alpha value is 0.210. The van der Waals surface area contributed by atoms with Crippen LogP contribution in [-0.4, -0.2) is 11.4 Å². The normalized spacial score (nSPS) is 35.4. The smallest absolute Gasteiger partial charge is 0.0502 e. The number of hydrogen-bond acceptors (Lipinski definition) is 2. The summed E-state index contributed by atoms with van der Waals surface area (Å²) in [6.45, 7) is 0. The van der Waals surface area contributed by atoms with E-state index in [9.17, 15) is 0 Å². The van der Waals surface area contributed by atoms with E-state index in [4.69, 9.17) is 17.4 Å². The first-order chi connectivity index (χ1) is 4.84. The summed E-state index contributed by atoms with van der Waals surface area (Å²) in [5, 5.41) is 0.243. The summed E-state index contributed by atoms with van der Waals surface area (Å²) in [6.07, 6.45) is 6.06. The van der Waals surface area contributed by atoms with E-state index >= 15 is 0 Å². The Bertz CT molecular complexity index is 97.6. The number of hydrazine groups is 1. The molecule has 3 N–H and O–H groups in total. The highest BCUT2D eigenvalue weighted by molar-refractivity contribution is 6.21. The van der Waals surface area contributed by atoms with Crippen molar-refractivity contribution in [1.82, 2.24) is 5.43 Å². The molecule has 0 aromatic rings. The predicted octanol–water partition coefficient (Wildman–Crippen LogP) is 1.39. The van der Waals surface area contributed by atoms with E-state index < -0.39 is 0 Å². The number of hydrogen-bond donors (Lipinski definition) is 2. The van der Waals surface area contributed by atoms with Gasteiger partial charge in [-0.3, -0.25) is 11.3 Å². The monoisotopic (exact) mass is 162 g/mol. The Morgan fingerprint density at radius 1 is 1.20 bits per heavy atom. The second-order valence-electron chi connectivity index (χ2n) is 2.93. The Labute approximate surface area is 67.1 Å². The molecule has 1 saturated carbocycles. The average Bonchev–Trinajstić information content (AvgIpc) is 2.13. The third-order valence-electron chi connectivity index (χ3n) is 2.15. The molecule has 1 rings (SSSR count). The molecule has 1 aliphatic rings. The maximum absolute atomic E-state index is 6.04. The van der Waals surface area contributed by atoms with Gasteiger partial charge in [0.2, 0.25) is 0 Å². The van der Waals surface area contributed by atoms with Crippen molar-refractivity contribution in [1.29, 1.82) is 0 Å². The van der Waals surface area contributed by atoms with Crippen LogP contribution in [0.3, 0.4) is 0 Å². The fourth-order valence-corrected chi connectivity index (χ4v) is 1.80. The maximum Gasteiger partial charge on any atom is 0.0502 e. The molecule has 1 fully saturated rings. The zero-order chi connectivity index (χ0) is 7.40. The molecular formula is C7H15ClN2. The molecule has 0 aliphatic heterocycles. The molecule has 0 radical (unpaired) electrons. The third kappa shape index (κ3) is 2.11. The van der Waals surface area contributed by atoms with E-state index in [1.54, 1.807) is 0 Å². The first-order valence-corrected chi connectivity index (χ1v) is 4.38. The van der Waals surface area contributed by atoms with Crippen LogP contribution in [0.4, 0.5) is 0 Å². The third-order valence-corrected chi connectivity index (χ3v) is 2.67. The first-order valence-electron chi connectivity index (χ1n) is 3.95. The summed E-state index contributed by atoms with van der Waals surface area (Å²) in [4.78, 5) is 0. The Morgan fingerprint density at radius 2 is 1.90 bits per heavy atom. The van der Waals surface area contributed by atoms with Crippen LogP contribution < -0.4 is 11.3 Å². The van der Waals surface area contributed by atoms with Crippen LogP contribution in [0.2, 0.25) is 0 Å². The van der Waals surface area contributed by atoms with Crippen molar-refractivity contribution < 1.29 is 0 Å². The summed E-state index contributed by atoms with van der Waals surface area (Å²) in [5.74, 6) is 5.33. The predicted molar refractivity (Wildman–Crippen MR) is 43.8 cm³/mol. The van der Waals surface area contributed by atoms with E-state index in [0.29, 0.717) is 6.04 Å².